The molecule has 0 bridgehead atoms. The molecule has 1 N–H and O–H groups in total. The fourth-order valence-corrected chi connectivity index (χ4v) is 3.81. The van der Waals surface area contributed by atoms with E-state index in [4.69, 9.17) is 0 Å². The summed E-state index contributed by atoms with van der Waals surface area (Å²) in [4.78, 5) is 0.975. The van der Waals surface area contributed by atoms with Gasteiger partial charge in [-0.3, -0.25) is 0 Å². The van der Waals surface area contributed by atoms with Crippen molar-refractivity contribution in [1.82, 2.24) is 5.32 Å². The number of rotatable bonds is 5. The van der Waals surface area contributed by atoms with Crippen molar-refractivity contribution < 1.29 is 4.39 Å². The van der Waals surface area contributed by atoms with Crippen molar-refractivity contribution in [2.75, 3.05) is 0 Å². The zero-order valence-electron chi connectivity index (χ0n) is 11.7. The zero-order chi connectivity index (χ0) is 14.7. The lowest BCUT2D eigenvalue weighted by molar-refractivity contribution is 0.629. The normalized spacial score (nSPS) is 11.0. The highest BCUT2D eigenvalue weighted by molar-refractivity contribution is 7.13. The molecule has 0 atom stereocenters. The summed E-state index contributed by atoms with van der Waals surface area (Å²) in [5, 5.41) is 9.72. The van der Waals surface area contributed by atoms with E-state index in [1.807, 2.05) is 29.6 Å². The molecule has 0 saturated heterocycles. The number of halogens is 1. The van der Waals surface area contributed by atoms with Gasteiger partial charge in [0, 0.05) is 23.5 Å². The maximum atomic E-state index is 13.9. The summed E-state index contributed by atoms with van der Waals surface area (Å²) in [6.45, 7) is 3.72. The highest BCUT2D eigenvalue weighted by Crippen LogP contribution is 2.28. The molecule has 3 aromatic rings. The van der Waals surface area contributed by atoms with Gasteiger partial charge in [-0.25, -0.2) is 4.39 Å². The van der Waals surface area contributed by atoms with Crippen LogP contribution in [0.1, 0.15) is 16.7 Å². The van der Waals surface area contributed by atoms with Crippen LogP contribution >= 0.6 is 22.7 Å². The number of aryl methyl sites for hydroxylation is 1. The molecular weight excluding hydrogens is 301 g/mol. The van der Waals surface area contributed by atoms with Gasteiger partial charge in [-0.15, -0.1) is 11.3 Å². The summed E-state index contributed by atoms with van der Waals surface area (Å²) in [6.07, 6.45) is 0. The van der Waals surface area contributed by atoms with Crippen LogP contribution in [0.5, 0.6) is 0 Å². The molecule has 1 aromatic carbocycles. The standard InChI is InChI=1S/C17H16FNS2/c1-12-10-20-11-14(12)9-19-8-13-4-5-16(18)15(7-13)17-3-2-6-21-17/h2-7,10-11,19H,8-9H2,1H3. The third-order valence-corrected chi connectivity index (χ3v) is 5.24. The Kier molecular flexibility index (Phi) is 4.48. The number of nitrogens with one attached hydrogen (secondary N) is 1. The Balaban J connectivity index is 1.69. The van der Waals surface area contributed by atoms with Crippen molar-refractivity contribution in [3.8, 4) is 10.4 Å². The predicted molar refractivity (Wildman–Crippen MR) is 89.3 cm³/mol. The van der Waals surface area contributed by atoms with Gasteiger partial charge in [-0.05, 0) is 58.0 Å². The van der Waals surface area contributed by atoms with Gasteiger partial charge >= 0.3 is 0 Å². The minimum Gasteiger partial charge on any atom is -0.309 e. The van der Waals surface area contributed by atoms with Crippen LogP contribution in [0.4, 0.5) is 4.39 Å². The molecule has 21 heavy (non-hydrogen) atoms. The second-order valence-electron chi connectivity index (χ2n) is 4.98. The van der Waals surface area contributed by atoms with Crippen LogP contribution in [0, 0.1) is 12.7 Å². The molecule has 4 heteroatoms. The number of hydrogen-bond acceptors (Lipinski definition) is 3. The molecular formula is C17H16FNS2. The monoisotopic (exact) mass is 317 g/mol. The minimum atomic E-state index is -0.158. The van der Waals surface area contributed by atoms with Gasteiger partial charge in [0.25, 0.3) is 0 Å². The van der Waals surface area contributed by atoms with Crippen molar-refractivity contribution in [3.05, 3.63) is 69.0 Å². The molecule has 2 aromatic heterocycles. The van der Waals surface area contributed by atoms with Crippen molar-refractivity contribution in [2.24, 2.45) is 0 Å². The van der Waals surface area contributed by atoms with Crippen LogP contribution in [-0.4, -0.2) is 0 Å². The summed E-state index contributed by atoms with van der Waals surface area (Å²) in [7, 11) is 0. The summed E-state index contributed by atoms with van der Waals surface area (Å²) in [5.74, 6) is -0.158. The fraction of sp³-hybridized carbons (Fsp3) is 0.176. The maximum absolute atomic E-state index is 13.9. The van der Waals surface area contributed by atoms with E-state index >= 15 is 0 Å². The average Bonchev–Trinajstić information content (AvgIpc) is 3.13. The van der Waals surface area contributed by atoms with E-state index in [1.165, 1.54) is 11.1 Å². The molecule has 0 radical (unpaired) electrons. The predicted octanol–water partition coefficient (Wildman–Crippen LogP) is 5.21. The van der Waals surface area contributed by atoms with E-state index in [0.29, 0.717) is 5.56 Å². The van der Waals surface area contributed by atoms with Gasteiger partial charge < -0.3 is 5.32 Å². The lowest BCUT2D eigenvalue weighted by Crippen LogP contribution is -2.12. The van der Waals surface area contributed by atoms with Gasteiger partial charge in [0.15, 0.2) is 0 Å². The highest BCUT2D eigenvalue weighted by atomic mass is 32.1. The molecule has 108 valence electrons. The summed E-state index contributed by atoms with van der Waals surface area (Å²) >= 11 is 3.29. The molecule has 0 unspecified atom stereocenters. The molecule has 0 spiro atoms. The van der Waals surface area contributed by atoms with Crippen LogP contribution in [0.25, 0.3) is 10.4 Å². The fourth-order valence-electron chi connectivity index (χ4n) is 2.21. The second kappa shape index (κ2) is 6.52. The SMILES string of the molecule is Cc1cscc1CNCc1ccc(F)c(-c2cccs2)c1. The van der Waals surface area contributed by atoms with Gasteiger partial charge in [0.2, 0.25) is 0 Å². The van der Waals surface area contributed by atoms with Crippen LogP contribution < -0.4 is 5.32 Å². The Hall–Kier alpha value is -1.49. The Bertz CT molecular complexity index is 716. The first-order valence-corrected chi connectivity index (χ1v) is 8.61. The quantitative estimate of drug-likeness (QED) is 0.681. The van der Waals surface area contributed by atoms with E-state index in [0.717, 1.165) is 23.5 Å². The molecule has 0 fully saturated rings. The first-order chi connectivity index (χ1) is 10.2. The molecule has 0 aliphatic rings. The summed E-state index contributed by atoms with van der Waals surface area (Å²) in [5.41, 5.74) is 4.45. The maximum Gasteiger partial charge on any atom is 0.131 e. The summed E-state index contributed by atoms with van der Waals surface area (Å²) in [6, 6.07) is 9.25. The first-order valence-electron chi connectivity index (χ1n) is 6.79. The number of thiophene rings is 2. The zero-order valence-corrected chi connectivity index (χ0v) is 13.4. The Morgan fingerprint density at radius 1 is 1.14 bits per heavy atom. The second-order valence-corrected chi connectivity index (χ2v) is 6.67. The average molecular weight is 317 g/mol. The Morgan fingerprint density at radius 2 is 2.05 bits per heavy atom. The van der Waals surface area contributed by atoms with E-state index in [-0.39, 0.29) is 5.82 Å². The summed E-state index contributed by atoms with van der Waals surface area (Å²) < 4.78 is 13.9. The Morgan fingerprint density at radius 3 is 2.76 bits per heavy atom. The largest absolute Gasteiger partial charge is 0.309 e. The van der Waals surface area contributed by atoms with Crippen LogP contribution in [-0.2, 0) is 13.1 Å². The van der Waals surface area contributed by atoms with Crippen molar-refractivity contribution in [3.63, 3.8) is 0 Å². The third-order valence-electron chi connectivity index (χ3n) is 3.42. The van der Waals surface area contributed by atoms with Gasteiger partial charge in [0.1, 0.15) is 5.82 Å². The lowest BCUT2D eigenvalue weighted by Gasteiger charge is -2.07. The van der Waals surface area contributed by atoms with Crippen molar-refractivity contribution >= 4 is 22.7 Å². The molecule has 0 aliphatic heterocycles. The topological polar surface area (TPSA) is 12.0 Å². The van der Waals surface area contributed by atoms with E-state index < -0.39 is 0 Å². The third kappa shape index (κ3) is 3.40. The van der Waals surface area contributed by atoms with Gasteiger partial charge in [-0.1, -0.05) is 12.1 Å². The lowest BCUT2D eigenvalue weighted by atomic mass is 10.1. The van der Waals surface area contributed by atoms with E-state index in [1.54, 1.807) is 28.7 Å². The minimum absolute atomic E-state index is 0.158. The molecule has 1 nitrogen and oxygen atoms in total. The molecule has 0 aliphatic carbocycles. The van der Waals surface area contributed by atoms with Crippen LogP contribution in [0.15, 0.2) is 46.5 Å². The highest BCUT2D eigenvalue weighted by Gasteiger charge is 2.07. The number of benzene rings is 1. The van der Waals surface area contributed by atoms with Crippen LogP contribution in [0.3, 0.4) is 0 Å². The first kappa shape index (κ1) is 14.4. The number of hydrogen-bond donors (Lipinski definition) is 1. The Labute approximate surface area is 132 Å². The van der Waals surface area contributed by atoms with Gasteiger partial charge in [-0.2, -0.15) is 11.3 Å². The van der Waals surface area contributed by atoms with Crippen molar-refractivity contribution in [1.29, 1.82) is 0 Å². The molecule has 0 amide bonds. The molecule has 3 rings (SSSR count). The van der Waals surface area contributed by atoms with Crippen molar-refractivity contribution in [2.45, 2.75) is 20.0 Å². The molecule has 2 heterocycles. The van der Waals surface area contributed by atoms with E-state index in [2.05, 4.69) is 23.0 Å². The van der Waals surface area contributed by atoms with Crippen LogP contribution in [0.2, 0.25) is 0 Å². The molecule has 0 saturated carbocycles. The smallest absolute Gasteiger partial charge is 0.131 e. The van der Waals surface area contributed by atoms with Gasteiger partial charge in [0.05, 0.1) is 0 Å². The van der Waals surface area contributed by atoms with E-state index in [9.17, 15) is 4.39 Å².